The SMILES string of the molecule is COc1ccc(CC(C)C(=O)NC2=NCCS2)cc1OC. The first-order valence-corrected chi connectivity index (χ1v) is 7.81. The molecule has 0 radical (unpaired) electrons. The molecule has 6 heteroatoms. The van der Waals surface area contributed by atoms with Crippen molar-refractivity contribution in [3.63, 3.8) is 0 Å². The van der Waals surface area contributed by atoms with E-state index in [0.29, 0.717) is 17.9 Å². The lowest BCUT2D eigenvalue weighted by atomic mass is 10.00. The topological polar surface area (TPSA) is 59.9 Å². The number of ether oxygens (including phenoxy) is 2. The highest BCUT2D eigenvalue weighted by molar-refractivity contribution is 8.14. The van der Waals surface area contributed by atoms with E-state index in [1.54, 1.807) is 26.0 Å². The van der Waals surface area contributed by atoms with Gasteiger partial charge in [-0.15, -0.1) is 0 Å². The Bertz CT molecular complexity index is 546. The number of rotatable bonds is 5. The lowest BCUT2D eigenvalue weighted by molar-refractivity contribution is -0.122. The second-order valence-corrected chi connectivity index (χ2v) is 5.90. The van der Waals surface area contributed by atoms with Crippen LogP contribution >= 0.6 is 11.8 Å². The highest BCUT2D eigenvalue weighted by Gasteiger charge is 2.18. The summed E-state index contributed by atoms with van der Waals surface area (Å²) in [6.07, 6.45) is 0.643. The van der Waals surface area contributed by atoms with Crippen molar-refractivity contribution in [2.24, 2.45) is 10.9 Å². The number of benzene rings is 1. The molecule has 0 saturated heterocycles. The van der Waals surface area contributed by atoms with E-state index in [1.165, 1.54) is 0 Å². The van der Waals surface area contributed by atoms with Crippen molar-refractivity contribution in [2.45, 2.75) is 13.3 Å². The molecule has 21 heavy (non-hydrogen) atoms. The van der Waals surface area contributed by atoms with Crippen LogP contribution < -0.4 is 14.8 Å². The minimum absolute atomic E-state index is 0.00191. The maximum atomic E-state index is 12.1. The standard InChI is InChI=1S/C15H20N2O3S/c1-10(14(18)17-15-16-6-7-21-15)8-11-4-5-12(19-2)13(9-11)20-3/h4-5,9-10H,6-8H2,1-3H3,(H,16,17,18). The summed E-state index contributed by atoms with van der Waals surface area (Å²) >= 11 is 1.59. The fourth-order valence-electron chi connectivity index (χ4n) is 2.09. The molecule has 0 fully saturated rings. The molecule has 0 spiro atoms. The average Bonchev–Trinajstić information content (AvgIpc) is 2.99. The molecule has 1 aromatic carbocycles. The molecular weight excluding hydrogens is 288 g/mol. The zero-order valence-electron chi connectivity index (χ0n) is 12.5. The Balaban J connectivity index is 1.98. The fourth-order valence-corrected chi connectivity index (χ4v) is 2.82. The molecule has 1 atom stereocenters. The molecule has 2 rings (SSSR count). The quantitative estimate of drug-likeness (QED) is 0.905. The van der Waals surface area contributed by atoms with E-state index in [-0.39, 0.29) is 11.8 Å². The van der Waals surface area contributed by atoms with Gasteiger partial charge in [0, 0.05) is 11.7 Å². The van der Waals surface area contributed by atoms with Gasteiger partial charge in [0.05, 0.1) is 20.8 Å². The van der Waals surface area contributed by atoms with E-state index in [4.69, 9.17) is 9.47 Å². The number of methoxy groups -OCH3 is 2. The predicted molar refractivity (Wildman–Crippen MR) is 85.3 cm³/mol. The Kier molecular flexibility index (Phi) is 5.50. The molecule has 1 unspecified atom stereocenters. The van der Waals surface area contributed by atoms with Gasteiger partial charge in [-0.1, -0.05) is 24.8 Å². The molecule has 1 aliphatic rings. The van der Waals surface area contributed by atoms with Crippen LogP contribution in [0.2, 0.25) is 0 Å². The molecule has 0 aliphatic carbocycles. The molecule has 1 N–H and O–H groups in total. The van der Waals surface area contributed by atoms with E-state index in [0.717, 1.165) is 23.0 Å². The number of amidine groups is 1. The molecule has 114 valence electrons. The average molecular weight is 308 g/mol. The lowest BCUT2D eigenvalue weighted by Crippen LogP contribution is -2.33. The first-order chi connectivity index (χ1) is 10.1. The van der Waals surface area contributed by atoms with E-state index in [9.17, 15) is 4.79 Å². The Morgan fingerprint density at radius 2 is 2.14 bits per heavy atom. The fraction of sp³-hybridized carbons (Fsp3) is 0.467. The molecule has 5 nitrogen and oxygen atoms in total. The monoisotopic (exact) mass is 308 g/mol. The van der Waals surface area contributed by atoms with Crippen LogP contribution in [0.4, 0.5) is 0 Å². The van der Waals surface area contributed by atoms with Gasteiger partial charge in [-0.25, -0.2) is 0 Å². The maximum Gasteiger partial charge on any atom is 0.229 e. The molecule has 0 aromatic heterocycles. The van der Waals surface area contributed by atoms with Crippen LogP contribution in [0, 0.1) is 5.92 Å². The minimum Gasteiger partial charge on any atom is -0.493 e. The summed E-state index contributed by atoms with van der Waals surface area (Å²) in [6, 6.07) is 5.72. The second-order valence-electron chi connectivity index (χ2n) is 4.82. The van der Waals surface area contributed by atoms with Crippen LogP contribution in [0.1, 0.15) is 12.5 Å². The normalized spacial score (nSPS) is 15.3. The number of amides is 1. The second kappa shape index (κ2) is 7.36. The van der Waals surface area contributed by atoms with Crippen LogP contribution in [0.3, 0.4) is 0 Å². The molecule has 0 bridgehead atoms. The van der Waals surface area contributed by atoms with Gasteiger partial charge in [0.25, 0.3) is 0 Å². The number of thioether (sulfide) groups is 1. The van der Waals surface area contributed by atoms with Crippen molar-refractivity contribution in [1.29, 1.82) is 0 Å². The van der Waals surface area contributed by atoms with Gasteiger partial charge in [-0.2, -0.15) is 0 Å². The Labute approximate surface area is 129 Å². The number of nitrogens with zero attached hydrogens (tertiary/aromatic N) is 1. The van der Waals surface area contributed by atoms with Crippen molar-refractivity contribution in [2.75, 3.05) is 26.5 Å². The molecule has 1 aromatic rings. The predicted octanol–water partition coefficient (Wildman–Crippen LogP) is 2.10. The largest absolute Gasteiger partial charge is 0.493 e. The van der Waals surface area contributed by atoms with Gasteiger partial charge in [-0.05, 0) is 24.1 Å². The lowest BCUT2D eigenvalue weighted by Gasteiger charge is -2.13. The Hall–Kier alpha value is -1.69. The van der Waals surface area contributed by atoms with Gasteiger partial charge >= 0.3 is 0 Å². The molecule has 0 saturated carbocycles. The smallest absolute Gasteiger partial charge is 0.229 e. The van der Waals surface area contributed by atoms with Crippen LogP contribution in [0.25, 0.3) is 0 Å². The third-order valence-corrected chi connectivity index (χ3v) is 4.14. The zero-order valence-corrected chi connectivity index (χ0v) is 13.3. The number of carbonyl (C=O) groups excluding carboxylic acids is 1. The highest BCUT2D eigenvalue weighted by atomic mass is 32.2. The van der Waals surface area contributed by atoms with Gasteiger partial charge in [-0.3, -0.25) is 9.79 Å². The summed E-state index contributed by atoms with van der Waals surface area (Å²) in [4.78, 5) is 16.3. The molecular formula is C15H20N2O3S. The summed E-state index contributed by atoms with van der Waals surface area (Å²) in [7, 11) is 3.21. The van der Waals surface area contributed by atoms with Crippen LogP contribution in [0.15, 0.2) is 23.2 Å². The first-order valence-electron chi connectivity index (χ1n) is 6.83. The Morgan fingerprint density at radius 3 is 2.76 bits per heavy atom. The summed E-state index contributed by atoms with van der Waals surface area (Å²) in [6.45, 7) is 2.69. The number of hydrogen-bond acceptors (Lipinski definition) is 5. The van der Waals surface area contributed by atoms with Gasteiger partial charge in [0.1, 0.15) is 0 Å². The zero-order chi connectivity index (χ0) is 15.2. The molecule has 1 aliphatic heterocycles. The van der Waals surface area contributed by atoms with E-state index in [1.807, 2.05) is 25.1 Å². The third kappa shape index (κ3) is 4.14. The summed E-state index contributed by atoms with van der Waals surface area (Å²) in [5, 5.41) is 3.60. The van der Waals surface area contributed by atoms with Crippen molar-refractivity contribution in [3.8, 4) is 11.5 Å². The number of carbonyl (C=O) groups is 1. The van der Waals surface area contributed by atoms with Crippen LogP contribution in [-0.4, -0.2) is 37.6 Å². The summed E-state index contributed by atoms with van der Waals surface area (Å²) in [5.74, 6) is 2.18. The number of hydrogen-bond donors (Lipinski definition) is 1. The van der Waals surface area contributed by atoms with Gasteiger partial charge in [0.2, 0.25) is 5.91 Å². The van der Waals surface area contributed by atoms with Crippen molar-refractivity contribution < 1.29 is 14.3 Å². The van der Waals surface area contributed by atoms with Crippen LogP contribution in [0.5, 0.6) is 11.5 Å². The van der Waals surface area contributed by atoms with E-state index >= 15 is 0 Å². The van der Waals surface area contributed by atoms with E-state index < -0.39 is 0 Å². The van der Waals surface area contributed by atoms with Crippen LogP contribution in [-0.2, 0) is 11.2 Å². The third-order valence-electron chi connectivity index (χ3n) is 3.25. The number of aliphatic imine (C=N–C) groups is 1. The Morgan fingerprint density at radius 1 is 1.38 bits per heavy atom. The first kappa shape index (κ1) is 15.7. The summed E-state index contributed by atoms with van der Waals surface area (Å²) < 4.78 is 10.5. The van der Waals surface area contributed by atoms with Crippen molar-refractivity contribution in [1.82, 2.24) is 5.32 Å². The van der Waals surface area contributed by atoms with E-state index in [2.05, 4.69) is 10.3 Å². The highest BCUT2D eigenvalue weighted by Crippen LogP contribution is 2.28. The summed E-state index contributed by atoms with van der Waals surface area (Å²) in [5.41, 5.74) is 1.04. The minimum atomic E-state index is -0.132. The molecule has 1 heterocycles. The van der Waals surface area contributed by atoms with Gasteiger partial charge in [0.15, 0.2) is 16.7 Å². The maximum absolute atomic E-state index is 12.1. The van der Waals surface area contributed by atoms with Crippen molar-refractivity contribution >= 4 is 22.8 Å². The number of nitrogens with one attached hydrogen (secondary N) is 1. The van der Waals surface area contributed by atoms with Gasteiger partial charge < -0.3 is 14.8 Å². The molecule has 1 amide bonds. The van der Waals surface area contributed by atoms with Crippen molar-refractivity contribution in [3.05, 3.63) is 23.8 Å².